The molecular weight excluding hydrogens is 266 g/mol. The third kappa shape index (κ3) is 3.76. The highest BCUT2D eigenvalue weighted by atomic mass is 35.5. The molecule has 0 amide bonds. The molecule has 0 aliphatic carbocycles. The van der Waals surface area contributed by atoms with Gasteiger partial charge in [-0.25, -0.2) is 4.79 Å². The predicted octanol–water partition coefficient (Wildman–Crippen LogP) is 2.91. The Balaban J connectivity index is 1.75. The van der Waals surface area contributed by atoms with Crippen molar-refractivity contribution in [2.45, 2.75) is 0 Å². The Kier molecular flexibility index (Phi) is 4.47. The molecule has 0 saturated carbocycles. The van der Waals surface area contributed by atoms with Gasteiger partial charge < -0.3 is 14.0 Å². The number of nitrogens with zero attached hydrogens (tertiary/aromatic N) is 1. The number of rotatable bonds is 5. The van der Waals surface area contributed by atoms with Crippen molar-refractivity contribution in [2.75, 3.05) is 13.2 Å². The average molecular weight is 280 g/mol. The van der Waals surface area contributed by atoms with E-state index in [1.807, 2.05) is 0 Å². The number of benzene rings is 1. The van der Waals surface area contributed by atoms with E-state index in [2.05, 4.69) is 0 Å². The molecule has 0 bridgehead atoms. The molecule has 5 heteroatoms. The minimum absolute atomic E-state index is 0.191. The number of aromatic nitrogens is 1. The van der Waals surface area contributed by atoms with Crippen molar-refractivity contribution in [3.63, 3.8) is 0 Å². The number of hydrogen-bond acceptors (Lipinski definition) is 3. The summed E-state index contributed by atoms with van der Waals surface area (Å²) < 4.78 is 12.2. The Morgan fingerprint density at radius 1 is 1.26 bits per heavy atom. The first-order valence-corrected chi connectivity index (χ1v) is 6.21. The van der Waals surface area contributed by atoms with E-state index in [0.29, 0.717) is 16.5 Å². The van der Waals surface area contributed by atoms with Crippen LogP contribution in [-0.2, 0) is 11.8 Å². The van der Waals surface area contributed by atoms with Gasteiger partial charge in [0, 0.05) is 18.3 Å². The van der Waals surface area contributed by atoms with Crippen LogP contribution in [0, 0.1) is 0 Å². The van der Waals surface area contributed by atoms with E-state index in [0.717, 1.165) is 0 Å². The van der Waals surface area contributed by atoms with Gasteiger partial charge in [-0.2, -0.15) is 0 Å². The summed E-state index contributed by atoms with van der Waals surface area (Å²) in [6, 6.07) is 10.6. The third-order valence-electron chi connectivity index (χ3n) is 2.53. The molecule has 0 spiro atoms. The first-order valence-electron chi connectivity index (χ1n) is 5.83. The number of hydrogen-bond donors (Lipinski definition) is 0. The molecule has 0 saturated heterocycles. The van der Waals surface area contributed by atoms with Gasteiger partial charge in [0.1, 0.15) is 24.7 Å². The van der Waals surface area contributed by atoms with Crippen molar-refractivity contribution in [3.8, 4) is 5.75 Å². The SMILES string of the molecule is Cn1cccc1C(=O)OCCOc1cccc(Cl)c1. The van der Waals surface area contributed by atoms with Gasteiger partial charge in [0.25, 0.3) is 0 Å². The van der Waals surface area contributed by atoms with Gasteiger partial charge >= 0.3 is 5.97 Å². The lowest BCUT2D eigenvalue weighted by atomic mass is 10.3. The van der Waals surface area contributed by atoms with Crippen molar-refractivity contribution in [1.29, 1.82) is 0 Å². The zero-order valence-electron chi connectivity index (χ0n) is 10.5. The summed E-state index contributed by atoms with van der Waals surface area (Å²) in [4.78, 5) is 11.7. The molecule has 0 atom stereocenters. The minimum atomic E-state index is -0.359. The van der Waals surface area contributed by atoms with E-state index in [9.17, 15) is 4.79 Å². The molecule has 0 aliphatic heterocycles. The van der Waals surface area contributed by atoms with Gasteiger partial charge in [-0.1, -0.05) is 17.7 Å². The molecule has 1 aromatic carbocycles. The molecule has 1 heterocycles. The molecule has 19 heavy (non-hydrogen) atoms. The third-order valence-corrected chi connectivity index (χ3v) is 2.77. The summed E-state index contributed by atoms with van der Waals surface area (Å²) in [7, 11) is 1.79. The zero-order valence-corrected chi connectivity index (χ0v) is 11.3. The Hall–Kier alpha value is -1.94. The average Bonchev–Trinajstić information content (AvgIpc) is 2.81. The first-order chi connectivity index (χ1) is 9.16. The largest absolute Gasteiger partial charge is 0.490 e. The number of ether oxygens (including phenoxy) is 2. The Morgan fingerprint density at radius 2 is 2.11 bits per heavy atom. The van der Waals surface area contributed by atoms with Crippen LogP contribution in [0.2, 0.25) is 5.02 Å². The molecule has 4 nitrogen and oxygen atoms in total. The van der Waals surface area contributed by atoms with E-state index >= 15 is 0 Å². The molecule has 0 N–H and O–H groups in total. The lowest BCUT2D eigenvalue weighted by Crippen LogP contribution is -2.14. The van der Waals surface area contributed by atoms with Gasteiger partial charge in [0.05, 0.1) is 0 Å². The van der Waals surface area contributed by atoms with Crippen LogP contribution in [0.5, 0.6) is 5.75 Å². The summed E-state index contributed by atoms with van der Waals surface area (Å²) in [5, 5.41) is 0.610. The van der Waals surface area contributed by atoms with Crippen LogP contribution in [0.1, 0.15) is 10.5 Å². The first kappa shape index (κ1) is 13.5. The topological polar surface area (TPSA) is 40.5 Å². The van der Waals surface area contributed by atoms with Crippen LogP contribution < -0.4 is 4.74 Å². The number of carbonyl (C=O) groups is 1. The second kappa shape index (κ2) is 6.29. The van der Waals surface area contributed by atoms with Gasteiger partial charge in [-0.15, -0.1) is 0 Å². The maximum atomic E-state index is 11.7. The van der Waals surface area contributed by atoms with Crippen LogP contribution in [0.15, 0.2) is 42.6 Å². The number of halogens is 1. The van der Waals surface area contributed by atoms with E-state index in [4.69, 9.17) is 21.1 Å². The molecular formula is C14H14ClNO3. The minimum Gasteiger partial charge on any atom is -0.490 e. The number of carbonyl (C=O) groups excluding carboxylic acids is 1. The summed E-state index contributed by atoms with van der Waals surface area (Å²) >= 11 is 5.82. The molecule has 2 rings (SSSR count). The maximum Gasteiger partial charge on any atom is 0.355 e. The lowest BCUT2D eigenvalue weighted by molar-refractivity contribution is 0.0439. The molecule has 0 fully saturated rings. The lowest BCUT2D eigenvalue weighted by Gasteiger charge is -2.08. The zero-order chi connectivity index (χ0) is 13.7. The van der Waals surface area contributed by atoms with Gasteiger partial charge in [0.15, 0.2) is 0 Å². The summed E-state index contributed by atoms with van der Waals surface area (Å²) in [6.07, 6.45) is 1.79. The summed E-state index contributed by atoms with van der Waals surface area (Å²) in [5.74, 6) is 0.296. The molecule has 2 aromatic rings. The number of aryl methyl sites for hydroxylation is 1. The van der Waals surface area contributed by atoms with Crippen molar-refractivity contribution in [2.24, 2.45) is 7.05 Å². The van der Waals surface area contributed by atoms with Crippen LogP contribution in [-0.4, -0.2) is 23.8 Å². The fourth-order valence-electron chi connectivity index (χ4n) is 1.60. The Labute approximate surface area is 116 Å². The Bertz CT molecular complexity index is 565. The van der Waals surface area contributed by atoms with E-state index < -0.39 is 0 Å². The summed E-state index contributed by atoms with van der Waals surface area (Å²) in [6.45, 7) is 0.479. The van der Waals surface area contributed by atoms with E-state index in [1.165, 1.54) is 0 Å². The second-order valence-electron chi connectivity index (χ2n) is 3.95. The standard InChI is InChI=1S/C14H14ClNO3/c1-16-7-3-6-13(16)14(17)19-9-8-18-12-5-2-4-11(15)10-12/h2-7,10H,8-9H2,1H3. The molecule has 0 aliphatic rings. The number of esters is 1. The van der Waals surface area contributed by atoms with Crippen molar-refractivity contribution in [3.05, 3.63) is 53.3 Å². The smallest absolute Gasteiger partial charge is 0.355 e. The van der Waals surface area contributed by atoms with Gasteiger partial charge in [0.2, 0.25) is 0 Å². The van der Waals surface area contributed by atoms with Crippen molar-refractivity contribution >= 4 is 17.6 Å². The molecule has 0 radical (unpaired) electrons. The molecule has 1 aromatic heterocycles. The monoisotopic (exact) mass is 279 g/mol. The van der Waals surface area contributed by atoms with Crippen LogP contribution in [0.4, 0.5) is 0 Å². The highest BCUT2D eigenvalue weighted by molar-refractivity contribution is 6.30. The van der Waals surface area contributed by atoms with E-state index in [1.54, 1.807) is 54.2 Å². The summed E-state index contributed by atoms with van der Waals surface area (Å²) in [5.41, 5.74) is 0.516. The van der Waals surface area contributed by atoms with Crippen LogP contribution in [0.25, 0.3) is 0 Å². The van der Waals surface area contributed by atoms with E-state index in [-0.39, 0.29) is 19.2 Å². The van der Waals surface area contributed by atoms with Gasteiger partial charge in [-0.3, -0.25) is 0 Å². The maximum absolute atomic E-state index is 11.7. The second-order valence-corrected chi connectivity index (χ2v) is 4.38. The molecule has 100 valence electrons. The highest BCUT2D eigenvalue weighted by Crippen LogP contribution is 2.16. The normalized spacial score (nSPS) is 10.2. The molecule has 0 unspecified atom stereocenters. The fraction of sp³-hybridized carbons (Fsp3) is 0.214. The van der Waals surface area contributed by atoms with Gasteiger partial charge in [-0.05, 0) is 30.3 Å². The fourth-order valence-corrected chi connectivity index (χ4v) is 1.78. The quantitative estimate of drug-likeness (QED) is 0.624. The van der Waals surface area contributed by atoms with Crippen molar-refractivity contribution in [1.82, 2.24) is 4.57 Å². The van der Waals surface area contributed by atoms with Crippen LogP contribution in [0.3, 0.4) is 0 Å². The highest BCUT2D eigenvalue weighted by Gasteiger charge is 2.09. The Morgan fingerprint density at radius 3 is 2.79 bits per heavy atom. The van der Waals surface area contributed by atoms with Crippen LogP contribution >= 0.6 is 11.6 Å². The van der Waals surface area contributed by atoms with Crippen molar-refractivity contribution < 1.29 is 14.3 Å². The predicted molar refractivity (Wildman–Crippen MR) is 72.6 cm³/mol.